The van der Waals surface area contributed by atoms with Crippen LogP contribution < -0.4 is 5.56 Å². The normalized spacial score (nSPS) is 18.9. The Morgan fingerprint density at radius 1 is 1.55 bits per heavy atom. The molecule has 0 N–H and O–H groups in total. The van der Waals surface area contributed by atoms with E-state index >= 15 is 0 Å². The largest absolute Gasteiger partial charge is 0.353 e. The zero-order valence-electron chi connectivity index (χ0n) is 10.8. The van der Waals surface area contributed by atoms with E-state index in [4.69, 9.17) is 9.47 Å². The molecule has 0 aromatic carbocycles. The predicted octanol–water partition coefficient (Wildman–Crippen LogP) is 2.06. The van der Waals surface area contributed by atoms with Crippen LogP contribution in [0.25, 0.3) is 0 Å². The van der Waals surface area contributed by atoms with Crippen LogP contribution in [0.4, 0.5) is 5.69 Å². The van der Waals surface area contributed by atoms with Gasteiger partial charge in [-0.15, -0.1) is 0 Å². The maximum Gasteiger partial charge on any atom is 0.335 e. The third-order valence-electron chi connectivity index (χ3n) is 3.00. The van der Waals surface area contributed by atoms with Crippen LogP contribution in [0.5, 0.6) is 0 Å². The molecular formula is C12H15BrN2O5. The van der Waals surface area contributed by atoms with Crippen molar-refractivity contribution in [3.63, 3.8) is 0 Å². The van der Waals surface area contributed by atoms with Gasteiger partial charge in [0.05, 0.1) is 11.5 Å². The van der Waals surface area contributed by atoms with E-state index in [1.807, 2.05) is 0 Å². The molecular weight excluding hydrogens is 332 g/mol. The van der Waals surface area contributed by atoms with Crippen molar-refractivity contribution in [3.8, 4) is 0 Å². The summed E-state index contributed by atoms with van der Waals surface area (Å²) >= 11 is 3.15. The molecule has 1 aromatic heterocycles. The molecule has 1 aliphatic rings. The lowest BCUT2D eigenvalue weighted by Crippen LogP contribution is -2.27. The minimum Gasteiger partial charge on any atom is -0.353 e. The summed E-state index contributed by atoms with van der Waals surface area (Å²) in [5.41, 5.74) is -1.08. The Balaban J connectivity index is 1.98. The van der Waals surface area contributed by atoms with Crippen LogP contribution in [0.2, 0.25) is 0 Å². The van der Waals surface area contributed by atoms with E-state index in [2.05, 4.69) is 15.9 Å². The monoisotopic (exact) mass is 346 g/mol. The van der Waals surface area contributed by atoms with Crippen molar-refractivity contribution >= 4 is 21.6 Å². The first-order chi connectivity index (χ1) is 9.58. The van der Waals surface area contributed by atoms with Gasteiger partial charge in [-0.2, -0.15) is 0 Å². The molecule has 0 amide bonds. The summed E-state index contributed by atoms with van der Waals surface area (Å²) in [6.45, 7) is 1.21. The summed E-state index contributed by atoms with van der Waals surface area (Å²) in [6, 6.07) is 1.20. The summed E-state index contributed by atoms with van der Waals surface area (Å²) in [5.74, 6) is 0. The average Bonchev–Trinajstić information content (AvgIpc) is 2.43. The number of aromatic nitrogens is 1. The summed E-state index contributed by atoms with van der Waals surface area (Å²) in [7, 11) is 0. The van der Waals surface area contributed by atoms with Crippen molar-refractivity contribution in [2.45, 2.75) is 32.1 Å². The molecule has 0 radical (unpaired) electrons. The van der Waals surface area contributed by atoms with E-state index < -0.39 is 16.2 Å². The topological polar surface area (TPSA) is 83.6 Å². The zero-order valence-corrected chi connectivity index (χ0v) is 12.4. The molecule has 8 heteroatoms. The van der Waals surface area contributed by atoms with Crippen molar-refractivity contribution in [2.24, 2.45) is 0 Å². The highest BCUT2D eigenvalue weighted by molar-refractivity contribution is 9.10. The van der Waals surface area contributed by atoms with Gasteiger partial charge in [0.2, 0.25) is 0 Å². The third-order valence-corrected chi connectivity index (χ3v) is 3.44. The SMILES string of the molecule is O=c1c([N+](=O)[O-])cc(Br)cn1CCO[C@H]1CCCCO1. The Hall–Kier alpha value is -1.25. The summed E-state index contributed by atoms with van der Waals surface area (Å²) in [4.78, 5) is 21.9. The van der Waals surface area contributed by atoms with E-state index in [0.717, 1.165) is 19.3 Å². The molecule has 110 valence electrons. The quantitative estimate of drug-likeness (QED) is 0.601. The summed E-state index contributed by atoms with van der Waals surface area (Å²) < 4.78 is 12.7. The second-order valence-electron chi connectivity index (χ2n) is 4.47. The van der Waals surface area contributed by atoms with Crippen LogP contribution in [0.3, 0.4) is 0 Å². The van der Waals surface area contributed by atoms with Crippen molar-refractivity contribution in [3.05, 3.63) is 37.2 Å². The summed E-state index contributed by atoms with van der Waals surface area (Å²) in [6.07, 6.45) is 4.22. The number of hydrogen-bond donors (Lipinski definition) is 0. The van der Waals surface area contributed by atoms with Crippen molar-refractivity contribution < 1.29 is 14.4 Å². The van der Waals surface area contributed by atoms with E-state index in [1.165, 1.54) is 16.8 Å². The third kappa shape index (κ3) is 3.87. The fraction of sp³-hybridized carbons (Fsp3) is 0.583. The minimum absolute atomic E-state index is 0.235. The molecule has 2 heterocycles. The Kier molecular flexibility index (Phi) is 5.27. The fourth-order valence-corrected chi connectivity index (χ4v) is 2.47. The summed E-state index contributed by atoms with van der Waals surface area (Å²) in [5, 5.41) is 10.8. The van der Waals surface area contributed by atoms with Gasteiger partial charge in [0.1, 0.15) is 0 Å². The van der Waals surface area contributed by atoms with Gasteiger partial charge in [-0.05, 0) is 35.2 Å². The maximum atomic E-state index is 11.9. The molecule has 1 atom stereocenters. The first-order valence-electron chi connectivity index (χ1n) is 6.35. The lowest BCUT2D eigenvalue weighted by atomic mass is 10.2. The molecule has 2 rings (SSSR count). The van der Waals surface area contributed by atoms with Crippen LogP contribution in [0.1, 0.15) is 19.3 Å². The first kappa shape index (κ1) is 15.1. The smallest absolute Gasteiger partial charge is 0.335 e. The number of rotatable bonds is 5. The van der Waals surface area contributed by atoms with Gasteiger partial charge in [0, 0.05) is 29.9 Å². The van der Waals surface area contributed by atoms with Crippen LogP contribution in [0.15, 0.2) is 21.5 Å². The minimum atomic E-state index is -0.686. The second-order valence-corrected chi connectivity index (χ2v) is 5.38. The highest BCUT2D eigenvalue weighted by Gasteiger charge is 2.17. The highest BCUT2D eigenvalue weighted by Crippen LogP contribution is 2.15. The lowest BCUT2D eigenvalue weighted by Gasteiger charge is -2.22. The molecule has 0 spiro atoms. The lowest BCUT2D eigenvalue weighted by molar-refractivity contribution is -0.386. The Morgan fingerprint density at radius 2 is 2.35 bits per heavy atom. The van der Waals surface area contributed by atoms with Gasteiger partial charge in [-0.3, -0.25) is 14.9 Å². The highest BCUT2D eigenvalue weighted by atomic mass is 79.9. The van der Waals surface area contributed by atoms with E-state index in [1.54, 1.807) is 0 Å². The zero-order chi connectivity index (χ0) is 14.5. The van der Waals surface area contributed by atoms with Crippen LogP contribution in [-0.4, -0.2) is 29.0 Å². The number of hydrogen-bond acceptors (Lipinski definition) is 5. The molecule has 0 bridgehead atoms. The van der Waals surface area contributed by atoms with Gasteiger partial charge in [-0.1, -0.05) is 0 Å². The molecule has 1 aromatic rings. The molecule has 0 saturated carbocycles. The maximum absolute atomic E-state index is 11.9. The number of ether oxygens (including phenoxy) is 2. The molecule has 1 fully saturated rings. The van der Waals surface area contributed by atoms with Gasteiger partial charge in [0.15, 0.2) is 6.29 Å². The number of pyridine rings is 1. The van der Waals surface area contributed by atoms with Gasteiger partial charge in [-0.25, -0.2) is 0 Å². The predicted molar refractivity (Wildman–Crippen MR) is 74.6 cm³/mol. The van der Waals surface area contributed by atoms with E-state index in [0.29, 0.717) is 11.1 Å². The molecule has 0 aliphatic carbocycles. The van der Waals surface area contributed by atoms with Crippen molar-refractivity contribution in [1.82, 2.24) is 4.57 Å². The Bertz CT molecular complexity index is 539. The molecule has 7 nitrogen and oxygen atoms in total. The van der Waals surface area contributed by atoms with E-state index in [-0.39, 0.29) is 19.4 Å². The van der Waals surface area contributed by atoms with Crippen LogP contribution in [-0.2, 0) is 16.0 Å². The standard InChI is InChI=1S/C12H15BrN2O5/c13-9-7-10(15(17)18)12(16)14(8-9)4-6-20-11-3-1-2-5-19-11/h7-8,11H,1-6H2/t11-/m0/s1. The molecule has 0 unspecified atom stereocenters. The molecule has 1 saturated heterocycles. The Morgan fingerprint density at radius 3 is 3.00 bits per heavy atom. The molecule has 20 heavy (non-hydrogen) atoms. The molecule has 1 aliphatic heterocycles. The Labute approximate surface area is 123 Å². The number of nitro groups is 1. The average molecular weight is 347 g/mol. The van der Waals surface area contributed by atoms with Crippen molar-refractivity contribution in [2.75, 3.05) is 13.2 Å². The first-order valence-corrected chi connectivity index (χ1v) is 7.15. The van der Waals surface area contributed by atoms with Crippen molar-refractivity contribution in [1.29, 1.82) is 0 Å². The van der Waals surface area contributed by atoms with Gasteiger partial charge in [0.25, 0.3) is 0 Å². The van der Waals surface area contributed by atoms with Crippen LogP contribution in [0, 0.1) is 10.1 Å². The van der Waals surface area contributed by atoms with Gasteiger partial charge < -0.3 is 14.0 Å². The van der Waals surface area contributed by atoms with E-state index in [9.17, 15) is 14.9 Å². The van der Waals surface area contributed by atoms with Crippen LogP contribution >= 0.6 is 15.9 Å². The fourth-order valence-electron chi connectivity index (χ4n) is 2.01. The number of nitrogens with zero attached hydrogens (tertiary/aromatic N) is 2. The number of halogens is 1. The van der Waals surface area contributed by atoms with Gasteiger partial charge >= 0.3 is 11.2 Å². The second kappa shape index (κ2) is 6.96.